The van der Waals surface area contributed by atoms with Crippen LogP contribution in [-0.2, 0) is 0 Å². The van der Waals surface area contributed by atoms with Gasteiger partial charge in [-0.3, -0.25) is 0 Å². The second kappa shape index (κ2) is 6.68. The Balaban J connectivity index is 0. The summed E-state index contributed by atoms with van der Waals surface area (Å²) in [5.41, 5.74) is 0. The lowest BCUT2D eigenvalue weighted by Gasteiger charge is -2.10. The zero-order valence-corrected chi connectivity index (χ0v) is 7.07. The van der Waals surface area contributed by atoms with Gasteiger partial charge in [-0.1, -0.05) is 13.8 Å². The van der Waals surface area contributed by atoms with Crippen molar-refractivity contribution in [3.05, 3.63) is 0 Å². The van der Waals surface area contributed by atoms with E-state index in [0.717, 1.165) is 12.8 Å². The largest absolute Gasteiger partial charge is 0.465 e. The average molecular weight is 168 g/mol. The maximum absolute atomic E-state index is 10.0. The Kier molecular flexibility index (Phi) is 8.18. The van der Waals surface area contributed by atoms with Gasteiger partial charge < -0.3 is 10.4 Å². The highest BCUT2D eigenvalue weighted by atomic mass is 35.5. The van der Waals surface area contributed by atoms with E-state index in [-0.39, 0.29) is 18.4 Å². The van der Waals surface area contributed by atoms with Gasteiger partial charge in [0.2, 0.25) is 0 Å². The first-order valence-electron chi connectivity index (χ1n) is 3.20. The predicted octanol–water partition coefficient (Wildman–Crippen LogP) is 1.86. The van der Waals surface area contributed by atoms with Gasteiger partial charge in [-0.05, 0) is 12.8 Å². The summed E-state index contributed by atoms with van der Waals surface area (Å²) in [5.74, 6) is 0. The molecular formula is C6H14ClNO2. The lowest BCUT2D eigenvalue weighted by atomic mass is 10.2. The summed E-state index contributed by atoms with van der Waals surface area (Å²) in [6, 6.07) is 0.127. The molecule has 0 heterocycles. The number of carboxylic acid groups (broad SMARTS) is 1. The van der Waals surface area contributed by atoms with Gasteiger partial charge in [0.1, 0.15) is 0 Å². The van der Waals surface area contributed by atoms with Crippen molar-refractivity contribution in [2.75, 3.05) is 0 Å². The van der Waals surface area contributed by atoms with E-state index in [1.54, 1.807) is 0 Å². The molecule has 10 heavy (non-hydrogen) atoms. The molecule has 0 saturated carbocycles. The first kappa shape index (κ1) is 12.3. The van der Waals surface area contributed by atoms with Crippen molar-refractivity contribution in [1.29, 1.82) is 0 Å². The summed E-state index contributed by atoms with van der Waals surface area (Å²) < 4.78 is 0. The number of nitrogens with one attached hydrogen (secondary N) is 1. The molecule has 0 spiro atoms. The third kappa shape index (κ3) is 5.69. The van der Waals surface area contributed by atoms with Crippen LogP contribution in [0.1, 0.15) is 26.7 Å². The Hall–Kier alpha value is -0.440. The van der Waals surface area contributed by atoms with Gasteiger partial charge in [-0.15, -0.1) is 12.4 Å². The molecule has 0 bridgehead atoms. The van der Waals surface area contributed by atoms with Crippen LogP contribution in [0.2, 0.25) is 0 Å². The zero-order chi connectivity index (χ0) is 7.28. The molecule has 0 aromatic carbocycles. The summed E-state index contributed by atoms with van der Waals surface area (Å²) in [4.78, 5) is 10.0. The van der Waals surface area contributed by atoms with E-state index < -0.39 is 6.09 Å². The minimum absolute atomic E-state index is 0. The van der Waals surface area contributed by atoms with Crippen LogP contribution >= 0.6 is 12.4 Å². The minimum Gasteiger partial charge on any atom is -0.465 e. The fraction of sp³-hybridized carbons (Fsp3) is 0.833. The standard InChI is InChI=1S/C6H13NO2.ClH/c1-3-5(4-2)7-6(8)9;/h5,7H,3-4H2,1-2H3,(H,8,9);1H. The average Bonchev–Trinajstić information content (AvgIpc) is 1.82. The fourth-order valence-corrected chi connectivity index (χ4v) is 0.667. The van der Waals surface area contributed by atoms with Crippen molar-refractivity contribution >= 4 is 18.5 Å². The molecule has 0 unspecified atom stereocenters. The molecule has 0 aliphatic heterocycles. The van der Waals surface area contributed by atoms with Crippen molar-refractivity contribution in [3.8, 4) is 0 Å². The molecule has 0 saturated heterocycles. The van der Waals surface area contributed by atoms with Crippen molar-refractivity contribution in [1.82, 2.24) is 5.32 Å². The van der Waals surface area contributed by atoms with Crippen LogP contribution in [0.4, 0.5) is 4.79 Å². The van der Waals surface area contributed by atoms with Gasteiger partial charge in [-0.2, -0.15) is 0 Å². The Morgan fingerprint density at radius 3 is 2.00 bits per heavy atom. The maximum atomic E-state index is 10.0. The van der Waals surface area contributed by atoms with Gasteiger partial charge in [0, 0.05) is 6.04 Å². The molecule has 62 valence electrons. The van der Waals surface area contributed by atoms with E-state index in [1.807, 2.05) is 13.8 Å². The summed E-state index contributed by atoms with van der Waals surface area (Å²) in [5, 5.41) is 10.6. The van der Waals surface area contributed by atoms with E-state index in [9.17, 15) is 4.79 Å². The molecule has 2 N–H and O–H groups in total. The molecule has 0 aliphatic rings. The molecule has 4 heteroatoms. The van der Waals surface area contributed by atoms with Gasteiger partial charge >= 0.3 is 6.09 Å². The van der Waals surface area contributed by atoms with Gasteiger partial charge in [0.05, 0.1) is 0 Å². The van der Waals surface area contributed by atoms with E-state index in [0.29, 0.717) is 0 Å². The SMILES string of the molecule is CCC(CC)NC(=O)O.Cl. The first-order valence-corrected chi connectivity index (χ1v) is 3.20. The molecule has 0 aliphatic carbocycles. The maximum Gasteiger partial charge on any atom is 0.404 e. The van der Waals surface area contributed by atoms with Crippen molar-refractivity contribution in [2.45, 2.75) is 32.7 Å². The van der Waals surface area contributed by atoms with Gasteiger partial charge in [0.15, 0.2) is 0 Å². The topological polar surface area (TPSA) is 49.3 Å². The highest BCUT2D eigenvalue weighted by Crippen LogP contribution is 1.94. The monoisotopic (exact) mass is 167 g/mol. The van der Waals surface area contributed by atoms with Crippen molar-refractivity contribution in [3.63, 3.8) is 0 Å². The second-order valence-corrected chi connectivity index (χ2v) is 1.96. The molecule has 0 rings (SSSR count). The van der Waals surface area contributed by atoms with E-state index >= 15 is 0 Å². The summed E-state index contributed by atoms with van der Waals surface area (Å²) in [7, 11) is 0. The lowest BCUT2D eigenvalue weighted by Crippen LogP contribution is -2.32. The van der Waals surface area contributed by atoms with Crippen LogP contribution in [0.3, 0.4) is 0 Å². The third-order valence-electron chi connectivity index (χ3n) is 1.31. The third-order valence-corrected chi connectivity index (χ3v) is 1.31. The van der Waals surface area contributed by atoms with Crippen LogP contribution < -0.4 is 5.32 Å². The quantitative estimate of drug-likeness (QED) is 0.674. The molecular weight excluding hydrogens is 154 g/mol. The number of hydrogen-bond acceptors (Lipinski definition) is 1. The first-order chi connectivity index (χ1) is 4.20. The number of rotatable bonds is 3. The molecule has 0 aromatic heterocycles. The molecule has 1 amide bonds. The van der Waals surface area contributed by atoms with Crippen LogP contribution in [0.25, 0.3) is 0 Å². The van der Waals surface area contributed by atoms with E-state index in [1.165, 1.54) is 0 Å². The van der Waals surface area contributed by atoms with Gasteiger partial charge in [0.25, 0.3) is 0 Å². The number of halogens is 1. The molecule has 0 radical (unpaired) electrons. The Labute approximate surface area is 67.2 Å². The smallest absolute Gasteiger partial charge is 0.404 e. The van der Waals surface area contributed by atoms with E-state index in [4.69, 9.17) is 5.11 Å². The van der Waals surface area contributed by atoms with Crippen LogP contribution in [0.15, 0.2) is 0 Å². The van der Waals surface area contributed by atoms with Crippen LogP contribution in [-0.4, -0.2) is 17.2 Å². The summed E-state index contributed by atoms with van der Waals surface area (Å²) in [6.45, 7) is 3.92. The Bertz CT molecular complexity index is 93.7. The van der Waals surface area contributed by atoms with Crippen molar-refractivity contribution < 1.29 is 9.90 Å². The highest BCUT2D eigenvalue weighted by molar-refractivity contribution is 5.85. The predicted molar refractivity (Wildman–Crippen MR) is 42.8 cm³/mol. The summed E-state index contributed by atoms with van der Waals surface area (Å²) >= 11 is 0. The molecule has 3 nitrogen and oxygen atoms in total. The minimum atomic E-state index is -0.927. The molecule has 0 fully saturated rings. The lowest BCUT2D eigenvalue weighted by molar-refractivity contribution is 0.189. The Morgan fingerprint density at radius 2 is 1.90 bits per heavy atom. The van der Waals surface area contributed by atoms with Crippen molar-refractivity contribution in [2.24, 2.45) is 0 Å². The number of hydrogen-bond donors (Lipinski definition) is 2. The van der Waals surface area contributed by atoms with Gasteiger partial charge in [-0.25, -0.2) is 4.79 Å². The zero-order valence-electron chi connectivity index (χ0n) is 6.26. The summed E-state index contributed by atoms with van der Waals surface area (Å²) in [6.07, 6.45) is 0.801. The fourth-order valence-electron chi connectivity index (χ4n) is 0.667. The molecule has 0 atom stereocenters. The number of carbonyl (C=O) groups is 1. The molecule has 0 aromatic rings. The highest BCUT2D eigenvalue weighted by Gasteiger charge is 2.03. The normalized spacial score (nSPS) is 8.70. The second-order valence-electron chi connectivity index (χ2n) is 1.96. The van der Waals surface area contributed by atoms with Crippen LogP contribution in [0.5, 0.6) is 0 Å². The van der Waals surface area contributed by atoms with E-state index in [2.05, 4.69) is 5.32 Å². The number of amides is 1. The van der Waals surface area contributed by atoms with Crippen LogP contribution in [0, 0.1) is 0 Å². The Morgan fingerprint density at radius 1 is 1.50 bits per heavy atom.